The van der Waals surface area contributed by atoms with Crippen molar-refractivity contribution in [2.75, 3.05) is 38.1 Å². The number of hydrogen-bond acceptors (Lipinski definition) is 4. The molecule has 1 fully saturated rings. The van der Waals surface area contributed by atoms with Gasteiger partial charge in [0.2, 0.25) is 11.8 Å². The number of carbonyl (C=O) groups is 3. The average molecular weight is 345 g/mol. The zero-order valence-electron chi connectivity index (χ0n) is 14.8. The van der Waals surface area contributed by atoms with Gasteiger partial charge in [0.1, 0.15) is 5.75 Å². The van der Waals surface area contributed by atoms with Crippen molar-refractivity contribution in [3.05, 3.63) is 23.8 Å². The number of rotatable bonds is 2. The lowest BCUT2D eigenvalue weighted by molar-refractivity contribution is -0.138. The molecule has 2 heterocycles. The fourth-order valence-corrected chi connectivity index (χ4v) is 3.22. The molecule has 0 aromatic heterocycles. The first-order valence-electron chi connectivity index (χ1n) is 8.47. The van der Waals surface area contributed by atoms with Gasteiger partial charge >= 0.3 is 0 Å². The summed E-state index contributed by atoms with van der Waals surface area (Å²) in [6.07, 6.45) is -0.229. The van der Waals surface area contributed by atoms with Gasteiger partial charge in [0, 0.05) is 40.2 Å². The number of ether oxygens (including phenoxy) is 1. The second-order valence-electron chi connectivity index (χ2n) is 6.52. The molecule has 7 heteroatoms. The maximum atomic E-state index is 12.5. The Morgan fingerprint density at radius 3 is 2.44 bits per heavy atom. The third kappa shape index (κ3) is 3.45. The van der Waals surface area contributed by atoms with E-state index in [2.05, 4.69) is 0 Å². The van der Waals surface area contributed by atoms with Crippen LogP contribution in [0.1, 0.15) is 19.4 Å². The second-order valence-corrected chi connectivity index (χ2v) is 6.52. The molecule has 2 aliphatic rings. The van der Waals surface area contributed by atoms with Crippen molar-refractivity contribution in [3.8, 4) is 5.75 Å². The number of benzene rings is 1. The van der Waals surface area contributed by atoms with E-state index < -0.39 is 6.10 Å². The summed E-state index contributed by atoms with van der Waals surface area (Å²) >= 11 is 0. The Kier molecular flexibility index (Phi) is 4.65. The molecule has 0 N–H and O–H groups in total. The van der Waals surface area contributed by atoms with Crippen molar-refractivity contribution in [3.63, 3.8) is 0 Å². The van der Waals surface area contributed by atoms with Gasteiger partial charge in [-0.3, -0.25) is 14.4 Å². The second kappa shape index (κ2) is 6.74. The fourth-order valence-electron chi connectivity index (χ4n) is 3.22. The minimum atomic E-state index is -0.498. The Labute approximate surface area is 147 Å². The lowest BCUT2D eigenvalue weighted by Gasteiger charge is -2.34. The van der Waals surface area contributed by atoms with Gasteiger partial charge in [-0.1, -0.05) is 6.07 Å². The monoisotopic (exact) mass is 345 g/mol. The number of fused-ring (bicyclic) bond motifs is 1. The number of likely N-dealkylation sites (N-methyl/N-ethyl adjacent to an activating group) is 1. The standard InChI is InChI=1S/C18H23N3O4/c1-12-18(24)19(3)15-10-14(4-5-16(15)25-12)11-17(23)21-8-6-20(7-9-21)13(2)22/h4-5,10,12H,6-9,11H2,1-3H3. The van der Waals surface area contributed by atoms with Crippen molar-refractivity contribution < 1.29 is 19.1 Å². The molecule has 1 saturated heterocycles. The smallest absolute Gasteiger partial charge is 0.267 e. The molecule has 7 nitrogen and oxygen atoms in total. The highest BCUT2D eigenvalue weighted by Gasteiger charge is 2.29. The van der Waals surface area contributed by atoms with Crippen molar-refractivity contribution in [1.29, 1.82) is 0 Å². The number of hydrogen-bond donors (Lipinski definition) is 0. The summed E-state index contributed by atoms with van der Waals surface area (Å²) in [6, 6.07) is 5.51. The molecule has 25 heavy (non-hydrogen) atoms. The van der Waals surface area contributed by atoms with Crippen LogP contribution in [-0.2, 0) is 20.8 Å². The molecule has 1 aromatic carbocycles. The van der Waals surface area contributed by atoms with E-state index in [9.17, 15) is 14.4 Å². The first-order chi connectivity index (χ1) is 11.9. The zero-order chi connectivity index (χ0) is 18.1. The van der Waals surface area contributed by atoms with Crippen LogP contribution in [0.3, 0.4) is 0 Å². The van der Waals surface area contributed by atoms with Crippen LogP contribution < -0.4 is 9.64 Å². The highest BCUT2D eigenvalue weighted by atomic mass is 16.5. The van der Waals surface area contributed by atoms with Gasteiger partial charge in [-0.15, -0.1) is 0 Å². The molecule has 1 atom stereocenters. The Bertz CT molecular complexity index is 710. The maximum absolute atomic E-state index is 12.5. The normalized spacial score (nSPS) is 20.2. The van der Waals surface area contributed by atoms with E-state index in [1.54, 1.807) is 35.6 Å². The number of amides is 3. The van der Waals surface area contributed by atoms with Crippen molar-refractivity contribution in [2.45, 2.75) is 26.4 Å². The Hall–Kier alpha value is -2.57. The molecule has 3 amide bonds. The summed E-state index contributed by atoms with van der Waals surface area (Å²) in [5.41, 5.74) is 1.53. The summed E-state index contributed by atoms with van der Waals surface area (Å²) < 4.78 is 5.60. The lowest BCUT2D eigenvalue weighted by Crippen LogP contribution is -2.50. The van der Waals surface area contributed by atoms with Gasteiger partial charge in [-0.25, -0.2) is 0 Å². The summed E-state index contributed by atoms with van der Waals surface area (Å²) in [4.78, 5) is 41.0. The minimum absolute atomic E-state index is 0.0298. The molecule has 2 aliphatic heterocycles. The van der Waals surface area contributed by atoms with Crippen LogP contribution in [0.5, 0.6) is 5.75 Å². The summed E-state index contributed by atoms with van der Waals surface area (Å²) in [6.45, 7) is 5.54. The molecular formula is C18H23N3O4. The van der Waals surface area contributed by atoms with E-state index >= 15 is 0 Å². The molecule has 3 rings (SSSR count). The van der Waals surface area contributed by atoms with E-state index in [4.69, 9.17) is 4.74 Å². The Balaban J connectivity index is 1.67. The maximum Gasteiger partial charge on any atom is 0.267 e. The molecule has 0 radical (unpaired) electrons. The van der Waals surface area contributed by atoms with Crippen LogP contribution in [0.4, 0.5) is 5.69 Å². The topological polar surface area (TPSA) is 70.2 Å². The van der Waals surface area contributed by atoms with Gasteiger partial charge in [-0.2, -0.15) is 0 Å². The third-order valence-corrected chi connectivity index (χ3v) is 4.80. The summed E-state index contributed by atoms with van der Waals surface area (Å²) in [7, 11) is 1.72. The average Bonchev–Trinajstić information content (AvgIpc) is 2.60. The highest BCUT2D eigenvalue weighted by Crippen LogP contribution is 2.34. The van der Waals surface area contributed by atoms with Gasteiger partial charge < -0.3 is 19.4 Å². The Morgan fingerprint density at radius 1 is 1.16 bits per heavy atom. The lowest BCUT2D eigenvalue weighted by atomic mass is 10.1. The van der Waals surface area contributed by atoms with Crippen molar-refractivity contribution in [2.24, 2.45) is 0 Å². The number of carbonyl (C=O) groups excluding carboxylic acids is 3. The van der Waals surface area contributed by atoms with Crippen LogP contribution in [-0.4, -0.2) is 66.9 Å². The van der Waals surface area contributed by atoms with Crippen LogP contribution in [0, 0.1) is 0 Å². The SMILES string of the molecule is CC(=O)N1CCN(C(=O)Cc2ccc3c(c2)N(C)C(=O)C(C)O3)CC1. The predicted octanol–water partition coefficient (Wildman–Crippen LogP) is 0.663. The first-order valence-corrected chi connectivity index (χ1v) is 8.47. The van der Waals surface area contributed by atoms with Gasteiger partial charge in [0.05, 0.1) is 12.1 Å². The molecule has 1 aromatic rings. The molecule has 0 bridgehead atoms. The molecule has 0 aliphatic carbocycles. The van der Waals surface area contributed by atoms with E-state index in [1.165, 1.54) is 0 Å². The molecule has 1 unspecified atom stereocenters. The minimum Gasteiger partial charge on any atom is -0.479 e. The van der Waals surface area contributed by atoms with Crippen LogP contribution in [0.2, 0.25) is 0 Å². The molecule has 134 valence electrons. The van der Waals surface area contributed by atoms with Crippen LogP contribution in [0.25, 0.3) is 0 Å². The first kappa shape index (κ1) is 17.3. The Morgan fingerprint density at radius 2 is 1.80 bits per heavy atom. The summed E-state index contributed by atoms with van der Waals surface area (Å²) in [5, 5.41) is 0. The van der Waals surface area contributed by atoms with Crippen molar-refractivity contribution >= 4 is 23.4 Å². The molecular weight excluding hydrogens is 322 g/mol. The predicted molar refractivity (Wildman–Crippen MR) is 92.5 cm³/mol. The summed E-state index contributed by atoms with van der Waals surface area (Å²) in [5.74, 6) is 0.628. The van der Waals surface area contributed by atoms with E-state index in [-0.39, 0.29) is 24.1 Å². The van der Waals surface area contributed by atoms with Gasteiger partial charge in [0.25, 0.3) is 5.91 Å². The largest absolute Gasteiger partial charge is 0.479 e. The quantitative estimate of drug-likeness (QED) is 0.790. The zero-order valence-corrected chi connectivity index (χ0v) is 14.8. The van der Waals surface area contributed by atoms with Crippen LogP contribution >= 0.6 is 0 Å². The van der Waals surface area contributed by atoms with E-state index in [0.717, 1.165) is 5.56 Å². The fraction of sp³-hybridized carbons (Fsp3) is 0.500. The van der Waals surface area contributed by atoms with E-state index in [1.807, 2.05) is 18.2 Å². The number of piperazine rings is 1. The van der Waals surface area contributed by atoms with E-state index in [0.29, 0.717) is 37.6 Å². The third-order valence-electron chi connectivity index (χ3n) is 4.80. The molecule has 0 spiro atoms. The highest BCUT2D eigenvalue weighted by molar-refractivity contribution is 5.99. The molecule has 0 saturated carbocycles. The van der Waals surface area contributed by atoms with Crippen molar-refractivity contribution in [1.82, 2.24) is 9.80 Å². The van der Waals surface area contributed by atoms with Gasteiger partial charge in [0.15, 0.2) is 6.10 Å². The van der Waals surface area contributed by atoms with Gasteiger partial charge in [-0.05, 0) is 24.6 Å². The number of nitrogens with zero attached hydrogens (tertiary/aromatic N) is 3. The number of anilines is 1. The van der Waals surface area contributed by atoms with Crippen LogP contribution in [0.15, 0.2) is 18.2 Å².